The minimum Gasteiger partial charge on any atom is -0.301 e. The number of hydrogen-bond donors (Lipinski definition) is 1. The fourth-order valence-electron chi connectivity index (χ4n) is 6.65. The van der Waals surface area contributed by atoms with Crippen LogP contribution in [0.3, 0.4) is 0 Å². The van der Waals surface area contributed by atoms with Crippen LogP contribution in [0.15, 0.2) is 59.6 Å². The third-order valence-electron chi connectivity index (χ3n) is 8.29. The molecule has 2 aliphatic rings. The zero-order valence-corrected chi connectivity index (χ0v) is 25.3. The molecule has 0 radical (unpaired) electrons. The molecule has 1 N–H and O–H groups in total. The molecule has 0 aromatic heterocycles. The van der Waals surface area contributed by atoms with Gasteiger partial charge in [-0.15, -0.1) is 0 Å². The molecule has 0 amide bonds. The van der Waals surface area contributed by atoms with Crippen molar-refractivity contribution in [3.8, 4) is 11.1 Å². The fraction of sp³-hybridized carbons (Fsp3) is 0.429. The lowest BCUT2D eigenvalue weighted by Gasteiger charge is -2.36. The Labute approximate surface area is 235 Å². The molecule has 2 heterocycles. The summed E-state index contributed by atoms with van der Waals surface area (Å²) < 4.78 is 0. The zero-order valence-electron chi connectivity index (χ0n) is 25.3. The van der Waals surface area contributed by atoms with E-state index in [0.717, 1.165) is 17.2 Å². The highest BCUT2D eigenvalue weighted by Crippen LogP contribution is 2.52. The summed E-state index contributed by atoms with van der Waals surface area (Å²) >= 11 is 0. The van der Waals surface area contributed by atoms with E-state index in [4.69, 9.17) is 4.99 Å². The Balaban J connectivity index is 1.74. The van der Waals surface area contributed by atoms with Gasteiger partial charge in [-0.1, -0.05) is 77.9 Å². The smallest absolute Gasteiger partial charge is 0.173 e. The molecule has 1 saturated heterocycles. The van der Waals surface area contributed by atoms with Gasteiger partial charge >= 0.3 is 0 Å². The third kappa shape index (κ3) is 4.38. The van der Waals surface area contributed by atoms with Crippen molar-refractivity contribution in [2.75, 3.05) is 9.80 Å². The predicted molar refractivity (Wildman–Crippen MR) is 168 cm³/mol. The summed E-state index contributed by atoms with van der Waals surface area (Å²) in [6.45, 7) is 22.2. The fourth-order valence-corrected chi connectivity index (χ4v) is 6.65. The van der Waals surface area contributed by atoms with Crippen LogP contribution in [-0.4, -0.2) is 23.9 Å². The second-order valence-corrected chi connectivity index (χ2v) is 12.9. The second kappa shape index (κ2) is 9.66. The summed E-state index contributed by atoms with van der Waals surface area (Å²) in [6, 6.07) is 20.5. The lowest BCUT2D eigenvalue weighted by molar-refractivity contribution is 0.456. The molecule has 4 heteroatoms. The highest BCUT2D eigenvalue weighted by Gasteiger charge is 2.56. The van der Waals surface area contributed by atoms with Crippen LogP contribution in [0.2, 0.25) is 0 Å². The lowest BCUT2D eigenvalue weighted by atomic mass is 9.81. The number of nitrogens with zero attached hydrogens (tertiary/aromatic N) is 3. The Morgan fingerprint density at radius 1 is 0.795 bits per heavy atom. The molecule has 2 aliphatic heterocycles. The quantitative estimate of drug-likeness (QED) is 0.365. The maximum Gasteiger partial charge on any atom is 0.173 e. The normalized spacial score (nSPS) is 19.2. The van der Waals surface area contributed by atoms with E-state index in [9.17, 15) is 5.41 Å². The number of aryl methyl sites for hydroxylation is 2. The maximum atomic E-state index is 9.47. The van der Waals surface area contributed by atoms with E-state index >= 15 is 0 Å². The molecular weight excluding hydrogens is 476 g/mol. The summed E-state index contributed by atoms with van der Waals surface area (Å²) in [6.07, 6.45) is -0.0566. The monoisotopic (exact) mass is 520 g/mol. The molecule has 3 aromatic rings. The van der Waals surface area contributed by atoms with Gasteiger partial charge in [-0.3, -0.25) is 10.4 Å². The standard InChI is InChI=1S/C35H44N4/c1-20(2)27-12-11-13-28(21(3)4)31(27)25-14-15-29-30(19-25)39-32(36)33(37-22(5)6)38(34(39)35(29,9)10)26-17-23(7)16-24(8)18-26/h11-22,34,36H,1-10H3. The molecule has 204 valence electrons. The molecule has 0 saturated carbocycles. The van der Waals surface area contributed by atoms with Gasteiger partial charge in [-0.05, 0) is 96.7 Å². The van der Waals surface area contributed by atoms with Crippen molar-refractivity contribution < 1.29 is 0 Å². The van der Waals surface area contributed by atoms with Crippen molar-refractivity contribution in [1.29, 1.82) is 5.41 Å². The number of aliphatic imine (C=N–C) groups is 1. The SMILES string of the molecule is Cc1cc(C)cc(N2C(=NC(C)C)C(=N)N3c4cc(-c5c(C(C)C)cccc5C(C)C)ccc4C(C)(C)C23)c1. The number of fused-ring (bicyclic) bond motifs is 3. The Morgan fingerprint density at radius 3 is 1.92 bits per heavy atom. The number of hydrogen-bond acceptors (Lipinski definition) is 2. The first-order valence-electron chi connectivity index (χ1n) is 14.4. The van der Waals surface area contributed by atoms with Crippen LogP contribution in [0.1, 0.15) is 95.0 Å². The highest BCUT2D eigenvalue weighted by atomic mass is 15.5. The first kappa shape index (κ1) is 27.2. The van der Waals surface area contributed by atoms with E-state index in [0.29, 0.717) is 17.7 Å². The van der Waals surface area contributed by atoms with E-state index < -0.39 is 0 Å². The van der Waals surface area contributed by atoms with E-state index in [-0.39, 0.29) is 17.6 Å². The number of benzene rings is 3. The van der Waals surface area contributed by atoms with E-state index in [1.54, 1.807) is 0 Å². The van der Waals surface area contributed by atoms with Crippen molar-refractivity contribution in [3.05, 3.63) is 82.4 Å². The predicted octanol–water partition coefficient (Wildman–Crippen LogP) is 8.95. The van der Waals surface area contributed by atoms with Crippen LogP contribution in [0.5, 0.6) is 0 Å². The summed E-state index contributed by atoms with van der Waals surface area (Å²) in [5.74, 6) is 2.09. The Morgan fingerprint density at radius 2 is 1.38 bits per heavy atom. The number of anilines is 2. The Bertz CT molecular complexity index is 1430. The summed E-state index contributed by atoms with van der Waals surface area (Å²) in [7, 11) is 0. The van der Waals surface area contributed by atoms with Crippen molar-refractivity contribution in [2.45, 2.75) is 98.7 Å². The molecule has 3 aromatic carbocycles. The molecule has 5 rings (SSSR count). The average Bonchev–Trinajstić information content (AvgIpc) is 3.26. The summed E-state index contributed by atoms with van der Waals surface area (Å²) in [4.78, 5) is 9.59. The van der Waals surface area contributed by atoms with Crippen molar-refractivity contribution in [1.82, 2.24) is 0 Å². The van der Waals surface area contributed by atoms with Crippen molar-refractivity contribution in [2.24, 2.45) is 4.99 Å². The van der Waals surface area contributed by atoms with E-state index in [1.165, 1.54) is 38.9 Å². The molecule has 1 fully saturated rings. The van der Waals surface area contributed by atoms with Crippen LogP contribution >= 0.6 is 0 Å². The van der Waals surface area contributed by atoms with Crippen molar-refractivity contribution in [3.63, 3.8) is 0 Å². The van der Waals surface area contributed by atoms with Crippen LogP contribution in [0, 0.1) is 19.3 Å². The van der Waals surface area contributed by atoms with Gasteiger partial charge in [0.25, 0.3) is 0 Å². The van der Waals surface area contributed by atoms with Gasteiger partial charge in [0, 0.05) is 22.8 Å². The van der Waals surface area contributed by atoms with Gasteiger partial charge in [-0.25, -0.2) is 0 Å². The maximum absolute atomic E-state index is 9.47. The second-order valence-electron chi connectivity index (χ2n) is 12.9. The minimum atomic E-state index is -0.218. The molecule has 0 aliphatic carbocycles. The van der Waals surface area contributed by atoms with Crippen LogP contribution in [-0.2, 0) is 5.41 Å². The topological polar surface area (TPSA) is 42.7 Å². The third-order valence-corrected chi connectivity index (χ3v) is 8.29. The number of rotatable bonds is 5. The molecule has 4 nitrogen and oxygen atoms in total. The molecule has 1 atom stereocenters. The molecule has 1 unspecified atom stereocenters. The van der Waals surface area contributed by atoms with Crippen LogP contribution in [0.4, 0.5) is 11.4 Å². The van der Waals surface area contributed by atoms with Gasteiger partial charge in [0.1, 0.15) is 6.17 Å². The molecule has 39 heavy (non-hydrogen) atoms. The minimum absolute atomic E-state index is 0.0566. The zero-order chi connectivity index (χ0) is 28.4. The molecular formula is C35H44N4. The summed E-state index contributed by atoms with van der Waals surface area (Å²) in [5.41, 5.74) is 11.1. The molecule has 0 bridgehead atoms. The van der Waals surface area contributed by atoms with Crippen LogP contribution < -0.4 is 9.80 Å². The van der Waals surface area contributed by atoms with E-state index in [1.807, 2.05) is 0 Å². The van der Waals surface area contributed by atoms with Gasteiger partial charge in [0.2, 0.25) is 0 Å². The van der Waals surface area contributed by atoms with Gasteiger partial charge in [0.15, 0.2) is 11.7 Å². The first-order valence-corrected chi connectivity index (χ1v) is 14.4. The largest absolute Gasteiger partial charge is 0.301 e. The van der Waals surface area contributed by atoms with Gasteiger partial charge < -0.3 is 9.80 Å². The average molecular weight is 521 g/mol. The van der Waals surface area contributed by atoms with E-state index in [2.05, 4.69) is 134 Å². The van der Waals surface area contributed by atoms with Crippen LogP contribution in [0.25, 0.3) is 11.1 Å². The summed E-state index contributed by atoms with van der Waals surface area (Å²) in [5, 5.41) is 9.47. The lowest BCUT2D eigenvalue weighted by Crippen LogP contribution is -2.48. The number of nitrogens with one attached hydrogen (secondary N) is 1. The van der Waals surface area contributed by atoms with Gasteiger partial charge in [0.05, 0.1) is 0 Å². The highest BCUT2D eigenvalue weighted by molar-refractivity contribution is 6.52. The molecule has 0 spiro atoms. The Kier molecular flexibility index (Phi) is 6.73. The first-order chi connectivity index (χ1) is 18.3. The Hall–Kier alpha value is -3.40. The van der Waals surface area contributed by atoms with Gasteiger partial charge in [-0.2, -0.15) is 0 Å². The number of amidine groups is 2. The van der Waals surface area contributed by atoms with Crippen molar-refractivity contribution >= 4 is 23.0 Å².